The molecule has 1 heterocycles. The average Bonchev–Trinajstić information content (AvgIpc) is 3.10. The topological polar surface area (TPSA) is 72.5 Å². The molecule has 0 radical (unpaired) electrons. The number of rotatable bonds is 5. The monoisotopic (exact) mass is 369 g/mol. The molecule has 6 nitrogen and oxygen atoms in total. The van der Waals surface area contributed by atoms with E-state index in [4.69, 9.17) is 9.47 Å². The highest BCUT2D eigenvalue weighted by Gasteiger charge is 2.10. The van der Waals surface area contributed by atoms with Crippen LogP contribution >= 0.6 is 11.3 Å². The summed E-state index contributed by atoms with van der Waals surface area (Å²) in [5, 5.41) is 7.93. The summed E-state index contributed by atoms with van der Waals surface area (Å²) in [5.41, 5.74) is 3.45. The zero-order chi connectivity index (χ0) is 18.5. The molecule has 2 amide bonds. The second kappa shape index (κ2) is 7.88. The van der Waals surface area contributed by atoms with Gasteiger partial charge in [-0.25, -0.2) is 9.78 Å². The minimum atomic E-state index is -0.356. The normalized spacial score (nSPS) is 10.3. The number of nitrogens with one attached hydrogen (secondary N) is 2. The van der Waals surface area contributed by atoms with E-state index in [9.17, 15) is 4.79 Å². The highest BCUT2D eigenvalue weighted by molar-refractivity contribution is 7.14. The molecule has 0 bridgehead atoms. The number of methoxy groups -OCH3 is 2. The number of nitrogens with zero attached hydrogens (tertiary/aromatic N) is 1. The molecule has 2 N–H and O–H groups in total. The molecule has 7 heteroatoms. The lowest BCUT2D eigenvalue weighted by Gasteiger charge is -2.07. The van der Waals surface area contributed by atoms with Gasteiger partial charge in [-0.1, -0.05) is 6.07 Å². The van der Waals surface area contributed by atoms with Crippen LogP contribution in [0.4, 0.5) is 15.6 Å². The first-order chi connectivity index (χ1) is 12.6. The number of ether oxygens (including phenoxy) is 2. The van der Waals surface area contributed by atoms with Gasteiger partial charge in [-0.05, 0) is 42.8 Å². The van der Waals surface area contributed by atoms with Gasteiger partial charge in [0.05, 0.1) is 19.9 Å². The number of carbonyl (C=O) groups is 1. The third kappa shape index (κ3) is 4.12. The van der Waals surface area contributed by atoms with E-state index in [2.05, 4.69) is 15.6 Å². The molecule has 3 aromatic rings. The summed E-state index contributed by atoms with van der Waals surface area (Å²) in [6.07, 6.45) is 0. The molecule has 134 valence electrons. The minimum absolute atomic E-state index is 0.356. The molecule has 0 fully saturated rings. The standard InChI is InChI=1S/C19H19N3O3S/c1-12-9-13(7-8-17(12)25-3)16-11-26-19(21-16)22-18(23)20-14-5-4-6-15(10-14)24-2/h4-11H,1-3H3,(H2,20,21,22,23). The van der Waals surface area contributed by atoms with Gasteiger partial charge < -0.3 is 14.8 Å². The van der Waals surface area contributed by atoms with Gasteiger partial charge in [0, 0.05) is 22.7 Å². The predicted octanol–water partition coefficient (Wildman–Crippen LogP) is 4.78. The van der Waals surface area contributed by atoms with Crippen LogP contribution in [0.3, 0.4) is 0 Å². The van der Waals surface area contributed by atoms with E-state index in [1.165, 1.54) is 11.3 Å². The molecule has 0 saturated heterocycles. The van der Waals surface area contributed by atoms with Crippen LogP contribution in [0.25, 0.3) is 11.3 Å². The third-order valence-corrected chi connectivity index (χ3v) is 4.50. The summed E-state index contributed by atoms with van der Waals surface area (Å²) in [4.78, 5) is 16.6. The van der Waals surface area contributed by atoms with Crippen LogP contribution < -0.4 is 20.1 Å². The highest BCUT2D eigenvalue weighted by atomic mass is 32.1. The van der Waals surface area contributed by atoms with Crippen molar-refractivity contribution < 1.29 is 14.3 Å². The van der Waals surface area contributed by atoms with Gasteiger partial charge in [0.15, 0.2) is 5.13 Å². The van der Waals surface area contributed by atoms with Gasteiger partial charge in [-0.2, -0.15) is 0 Å². The van der Waals surface area contributed by atoms with Crippen molar-refractivity contribution in [3.63, 3.8) is 0 Å². The molecule has 0 aliphatic heterocycles. The Morgan fingerprint density at radius 1 is 1.08 bits per heavy atom. The van der Waals surface area contributed by atoms with Gasteiger partial charge in [0.1, 0.15) is 11.5 Å². The Bertz CT molecular complexity index is 924. The lowest BCUT2D eigenvalue weighted by atomic mass is 10.1. The fourth-order valence-electron chi connectivity index (χ4n) is 2.46. The number of amides is 2. The van der Waals surface area contributed by atoms with Gasteiger partial charge in [-0.3, -0.25) is 5.32 Å². The largest absolute Gasteiger partial charge is 0.497 e. The fraction of sp³-hybridized carbons (Fsp3) is 0.158. The molecular weight excluding hydrogens is 350 g/mol. The Balaban J connectivity index is 1.68. The van der Waals surface area contributed by atoms with E-state index in [-0.39, 0.29) is 6.03 Å². The second-order valence-corrected chi connectivity index (χ2v) is 6.39. The Hall–Kier alpha value is -3.06. The predicted molar refractivity (Wildman–Crippen MR) is 104 cm³/mol. The number of benzene rings is 2. The van der Waals surface area contributed by atoms with Crippen molar-refractivity contribution in [1.82, 2.24) is 4.98 Å². The van der Waals surface area contributed by atoms with Gasteiger partial charge in [-0.15, -0.1) is 11.3 Å². The van der Waals surface area contributed by atoms with Crippen LogP contribution in [0, 0.1) is 6.92 Å². The van der Waals surface area contributed by atoms with E-state index in [0.29, 0.717) is 16.6 Å². The molecule has 3 rings (SSSR count). The van der Waals surface area contributed by atoms with E-state index < -0.39 is 0 Å². The smallest absolute Gasteiger partial charge is 0.325 e. The Kier molecular flexibility index (Phi) is 5.38. The van der Waals surface area contributed by atoms with Crippen LogP contribution in [0.2, 0.25) is 0 Å². The Morgan fingerprint density at radius 3 is 2.65 bits per heavy atom. The number of anilines is 2. The first kappa shape index (κ1) is 17.8. The molecule has 0 saturated carbocycles. The number of thiazole rings is 1. The van der Waals surface area contributed by atoms with Crippen molar-refractivity contribution in [2.45, 2.75) is 6.92 Å². The lowest BCUT2D eigenvalue weighted by Crippen LogP contribution is -2.19. The van der Waals surface area contributed by atoms with Crippen molar-refractivity contribution in [3.8, 4) is 22.8 Å². The number of hydrogen-bond acceptors (Lipinski definition) is 5. The van der Waals surface area contributed by atoms with E-state index in [1.807, 2.05) is 42.6 Å². The molecule has 0 spiro atoms. The van der Waals surface area contributed by atoms with Crippen molar-refractivity contribution >= 4 is 28.2 Å². The van der Waals surface area contributed by atoms with Crippen LogP contribution in [-0.4, -0.2) is 25.2 Å². The second-order valence-electron chi connectivity index (χ2n) is 5.53. The summed E-state index contributed by atoms with van der Waals surface area (Å²) in [5.74, 6) is 1.51. The zero-order valence-electron chi connectivity index (χ0n) is 14.7. The van der Waals surface area contributed by atoms with Gasteiger partial charge in [0.2, 0.25) is 0 Å². The molecule has 0 atom stereocenters. The summed E-state index contributed by atoms with van der Waals surface area (Å²) in [6, 6.07) is 12.7. The van der Waals surface area contributed by atoms with Gasteiger partial charge in [0.25, 0.3) is 0 Å². The maximum atomic E-state index is 12.2. The van der Waals surface area contributed by atoms with E-state index >= 15 is 0 Å². The summed E-state index contributed by atoms with van der Waals surface area (Å²) in [6.45, 7) is 1.98. The van der Waals surface area contributed by atoms with Crippen LogP contribution in [0.15, 0.2) is 47.8 Å². The number of carbonyl (C=O) groups excluding carboxylic acids is 1. The highest BCUT2D eigenvalue weighted by Crippen LogP contribution is 2.29. The Labute approximate surface area is 155 Å². The molecule has 0 aliphatic carbocycles. The van der Waals surface area contributed by atoms with Crippen LogP contribution in [0.1, 0.15) is 5.56 Å². The SMILES string of the molecule is COc1cccc(NC(=O)Nc2nc(-c3ccc(OC)c(C)c3)cs2)c1. The van der Waals surface area contributed by atoms with E-state index in [0.717, 1.165) is 22.6 Å². The Morgan fingerprint density at radius 2 is 1.92 bits per heavy atom. The fourth-order valence-corrected chi connectivity index (χ4v) is 3.18. The molecule has 0 unspecified atom stereocenters. The number of hydrogen-bond donors (Lipinski definition) is 2. The summed E-state index contributed by atoms with van der Waals surface area (Å²) < 4.78 is 10.4. The molecule has 0 aliphatic rings. The molecular formula is C19H19N3O3S. The van der Waals surface area contributed by atoms with Crippen molar-refractivity contribution in [2.24, 2.45) is 0 Å². The number of urea groups is 1. The molecule has 1 aromatic heterocycles. The number of aryl methyl sites for hydroxylation is 1. The maximum absolute atomic E-state index is 12.2. The maximum Gasteiger partial charge on any atom is 0.325 e. The first-order valence-corrected chi connectivity index (χ1v) is 8.79. The quantitative estimate of drug-likeness (QED) is 0.679. The summed E-state index contributed by atoms with van der Waals surface area (Å²) >= 11 is 1.37. The van der Waals surface area contributed by atoms with E-state index in [1.54, 1.807) is 26.4 Å². The zero-order valence-corrected chi connectivity index (χ0v) is 15.5. The minimum Gasteiger partial charge on any atom is -0.497 e. The van der Waals surface area contributed by atoms with Crippen molar-refractivity contribution in [2.75, 3.05) is 24.9 Å². The van der Waals surface area contributed by atoms with Crippen molar-refractivity contribution in [1.29, 1.82) is 0 Å². The van der Waals surface area contributed by atoms with Crippen LogP contribution in [0.5, 0.6) is 11.5 Å². The lowest BCUT2D eigenvalue weighted by molar-refractivity contribution is 0.262. The van der Waals surface area contributed by atoms with Gasteiger partial charge >= 0.3 is 6.03 Å². The number of aromatic nitrogens is 1. The van der Waals surface area contributed by atoms with Crippen molar-refractivity contribution in [3.05, 3.63) is 53.4 Å². The molecule has 2 aromatic carbocycles. The van der Waals surface area contributed by atoms with Crippen LogP contribution in [-0.2, 0) is 0 Å². The third-order valence-electron chi connectivity index (χ3n) is 3.74. The molecule has 26 heavy (non-hydrogen) atoms. The summed E-state index contributed by atoms with van der Waals surface area (Å²) in [7, 11) is 3.23. The first-order valence-electron chi connectivity index (χ1n) is 7.91. The average molecular weight is 369 g/mol.